The highest BCUT2D eigenvalue weighted by atomic mass is 19.1. The van der Waals surface area contributed by atoms with Crippen molar-refractivity contribution in [1.82, 2.24) is 24.6 Å². The first-order valence-corrected chi connectivity index (χ1v) is 11.8. The molecule has 174 valence electrons. The number of piperazine rings is 1. The Morgan fingerprint density at radius 1 is 1.06 bits per heavy atom. The van der Waals surface area contributed by atoms with Gasteiger partial charge in [-0.25, -0.2) is 9.97 Å². The Kier molecular flexibility index (Phi) is 6.01. The van der Waals surface area contributed by atoms with E-state index in [4.69, 9.17) is 4.98 Å². The molecule has 1 saturated heterocycles. The number of anilines is 3. The summed E-state index contributed by atoms with van der Waals surface area (Å²) >= 11 is 0. The molecule has 1 aliphatic heterocycles. The Labute approximate surface area is 194 Å². The highest BCUT2D eigenvalue weighted by Gasteiger charge is 2.37. The maximum atomic E-state index is 13.5. The Hall–Kier alpha value is -3.00. The molecule has 0 radical (unpaired) electrons. The van der Waals surface area contributed by atoms with Crippen LogP contribution in [0.15, 0.2) is 42.9 Å². The third-order valence-electron chi connectivity index (χ3n) is 7.07. The molecule has 2 aliphatic rings. The second-order valence-corrected chi connectivity index (χ2v) is 9.60. The minimum absolute atomic E-state index is 0.229. The van der Waals surface area contributed by atoms with E-state index < -0.39 is 0 Å². The van der Waals surface area contributed by atoms with Crippen molar-refractivity contribution in [2.45, 2.75) is 32.7 Å². The number of benzene rings is 1. The molecule has 3 aromatic rings. The smallest absolute Gasteiger partial charge is 0.227 e. The molecule has 0 spiro atoms. The van der Waals surface area contributed by atoms with E-state index in [1.807, 2.05) is 30.2 Å². The number of aryl methyl sites for hydroxylation is 1. The fourth-order valence-electron chi connectivity index (χ4n) is 4.67. The summed E-state index contributed by atoms with van der Waals surface area (Å²) in [6, 6.07) is 8.44. The van der Waals surface area contributed by atoms with Crippen LogP contribution >= 0.6 is 0 Å². The first-order chi connectivity index (χ1) is 16.0. The first-order valence-electron chi connectivity index (χ1n) is 11.8. The predicted molar refractivity (Wildman–Crippen MR) is 130 cm³/mol. The fourth-order valence-corrected chi connectivity index (χ4v) is 4.67. The van der Waals surface area contributed by atoms with Gasteiger partial charge in [0.25, 0.3) is 0 Å². The van der Waals surface area contributed by atoms with Gasteiger partial charge >= 0.3 is 0 Å². The monoisotopic (exact) mass is 449 g/mol. The number of likely N-dealkylation sites (N-methyl/N-ethyl adjacent to an activating group) is 1. The average Bonchev–Trinajstić information content (AvgIpc) is 3.27. The molecule has 1 saturated carbocycles. The maximum Gasteiger partial charge on any atom is 0.227 e. The molecule has 2 aromatic heterocycles. The van der Waals surface area contributed by atoms with Crippen molar-refractivity contribution in [3.63, 3.8) is 0 Å². The van der Waals surface area contributed by atoms with E-state index in [0.717, 1.165) is 67.9 Å². The largest absolute Gasteiger partial charge is 0.369 e. The van der Waals surface area contributed by atoms with Gasteiger partial charge in [-0.05, 0) is 56.6 Å². The van der Waals surface area contributed by atoms with Crippen LogP contribution in [0.4, 0.5) is 21.7 Å². The number of nitrogens with zero attached hydrogens (tertiary/aromatic N) is 6. The third kappa shape index (κ3) is 4.71. The van der Waals surface area contributed by atoms with Crippen molar-refractivity contribution >= 4 is 17.3 Å². The molecule has 1 aliphatic carbocycles. The highest BCUT2D eigenvalue weighted by molar-refractivity contribution is 5.65. The number of aromatic nitrogens is 4. The Morgan fingerprint density at radius 3 is 2.48 bits per heavy atom. The van der Waals surface area contributed by atoms with Gasteiger partial charge in [-0.3, -0.25) is 9.07 Å². The molecule has 8 heteroatoms. The van der Waals surface area contributed by atoms with Crippen molar-refractivity contribution in [1.29, 1.82) is 0 Å². The number of halogens is 1. The molecule has 0 unspecified atom stereocenters. The van der Waals surface area contributed by atoms with Gasteiger partial charge in [-0.1, -0.05) is 6.42 Å². The van der Waals surface area contributed by atoms with Crippen LogP contribution in [0.5, 0.6) is 0 Å². The van der Waals surface area contributed by atoms with Crippen LogP contribution in [0, 0.1) is 12.3 Å². The summed E-state index contributed by atoms with van der Waals surface area (Å²) in [6.07, 6.45) is 8.60. The van der Waals surface area contributed by atoms with Crippen molar-refractivity contribution in [3.05, 3.63) is 48.4 Å². The van der Waals surface area contributed by atoms with Gasteiger partial charge in [-0.2, -0.15) is 5.10 Å². The summed E-state index contributed by atoms with van der Waals surface area (Å²) in [7, 11) is 2.17. The minimum Gasteiger partial charge on any atom is -0.369 e. The summed E-state index contributed by atoms with van der Waals surface area (Å²) in [6.45, 7) is 6.61. The van der Waals surface area contributed by atoms with E-state index in [0.29, 0.717) is 12.5 Å². The minimum atomic E-state index is -0.281. The topological polar surface area (TPSA) is 62.1 Å². The molecular weight excluding hydrogens is 417 g/mol. The lowest BCUT2D eigenvalue weighted by molar-refractivity contribution is 0.0648. The Bertz CT molecular complexity index is 1080. The first kappa shape index (κ1) is 21.8. The highest BCUT2D eigenvalue weighted by Crippen LogP contribution is 2.42. The number of alkyl halides is 1. The quantitative estimate of drug-likeness (QED) is 0.581. The second kappa shape index (κ2) is 9.09. The van der Waals surface area contributed by atoms with E-state index >= 15 is 0 Å². The third-order valence-corrected chi connectivity index (χ3v) is 7.07. The summed E-state index contributed by atoms with van der Waals surface area (Å²) in [4.78, 5) is 14.0. The summed E-state index contributed by atoms with van der Waals surface area (Å²) < 4.78 is 15.4. The Balaban J connectivity index is 1.28. The van der Waals surface area contributed by atoms with E-state index in [2.05, 4.69) is 56.5 Å². The van der Waals surface area contributed by atoms with Gasteiger partial charge in [0.15, 0.2) is 0 Å². The number of hydrogen-bond donors (Lipinski definition) is 1. The fraction of sp³-hybridized carbons (Fsp3) is 0.480. The van der Waals surface area contributed by atoms with Crippen LogP contribution in [-0.2, 0) is 6.54 Å². The standard InChI is InChI=1S/C25H32FN7/c1-19-14-27-24(29-21-4-6-22(7-5-21)32-12-10-31(2)11-13-32)30-23(19)20-15-28-33(16-20)18-25(17-26)8-3-9-25/h4-7,14-16H,3,8-13,17-18H2,1-2H3,(H,27,29,30). The summed E-state index contributed by atoms with van der Waals surface area (Å²) in [5.74, 6) is 0.551. The molecule has 0 atom stereocenters. The van der Waals surface area contributed by atoms with Gasteiger partial charge < -0.3 is 15.1 Å². The van der Waals surface area contributed by atoms with Crippen LogP contribution in [0.3, 0.4) is 0 Å². The number of nitrogens with one attached hydrogen (secondary N) is 1. The molecule has 2 fully saturated rings. The van der Waals surface area contributed by atoms with Crippen molar-refractivity contribution in [2.75, 3.05) is 50.1 Å². The zero-order chi connectivity index (χ0) is 22.8. The van der Waals surface area contributed by atoms with Gasteiger partial charge in [0.05, 0.1) is 18.6 Å². The molecule has 1 N–H and O–H groups in total. The van der Waals surface area contributed by atoms with Crippen LogP contribution in [0.2, 0.25) is 0 Å². The predicted octanol–water partition coefficient (Wildman–Crippen LogP) is 4.28. The SMILES string of the molecule is Cc1cnc(Nc2ccc(N3CCN(C)CC3)cc2)nc1-c1cnn(CC2(CF)CCC2)c1. The lowest BCUT2D eigenvalue weighted by Gasteiger charge is -2.39. The van der Waals surface area contributed by atoms with Crippen LogP contribution in [0.25, 0.3) is 11.3 Å². The van der Waals surface area contributed by atoms with E-state index in [1.165, 1.54) is 5.69 Å². The van der Waals surface area contributed by atoms with Gasteiger partial charge in [0.2, 0.25) is 5.95 Å². The van der Waals surface area contributed by atoms with Gasteiger partial charge in [0, 0.05) is 67.5 Å². The lowest BCUT2D eigenvalue weighted by Crippen LogP contribution is -2.44. The van der Waals surface area contributed by atoms with Crippen molar-refractivity contribution in [3.8, 4) is 11.3 Å². The van der Waals surface area contributed by atoms with Gasteiger partial charge in [-0.15, -0.1) is 0 Å². The van der Waals surface area contributed by atoms with Crippen LogP contribution in [-0.4, -0.2) is 64.5 Å². The number of rotatable bonds is 7. The molecule has 5 rings (SSSR count). The molecule has 0 bridgehead atoms. The van der Waals surface area contributed by atoms with Crippen LogP contribution in [0.1, 0.15) is 24.8 Å². The molecule has 33 heavy (non-hydrogen) atoms. The molecule has 3 heterocycles. The van der Waals surface area contributed by atoms with Crippen molar-refractivity contribution < 1.29 is 4.39 Å². The van der Waals surface area contributed by atoms with E-state index in [1.54, 1.807) is 0 Å². The zero-order valence-electron chi connectivity index (χ0n) is 19.5. The molecule has 0 amide bonds. The Morgan fingerprint density at radius 2 is 1.82 bits per heavy atom. The van der Waals surface area contributed by atoms with Crippen LogP contribution < -0.4 is 10.2 Å². The summed E-state index contributed by atoms with van der Waals surface area (Å²) in [5, 5.41) is 7.81. The molecule has 1 aromatic carbocycles. The zero-order valence-corrected chi connectivity index (χ0v) is 19.5. The average molecular weight is 450 g/mol. The summed E-state index contributed by atoms with van der Waals surface area (Å²) in [5.41, 5.74) is 4.71. The van der Waals surface area contributed by atoms with Gasteiger partial charge in [0.1, 0.15) is 0 Å². The molecule has 7 nitrogen and oxygen atoms in total. The van der Waals surface area contributed by atoms with Crippen molar-refractivity contribution in [2.24, 2.45) is 5.41 Å². The second-order valence-electron chi connectivity index (χ2n) is 9.60. The van der Waals surface area contributed by atoms with E-state index in [9.17, 15) is 4.39 Å². The normalized spacial score (nSPS) is 18.2. The van der Waals surface area contributed by atoms with E-state index in [-0.39, 0.29) is 12.1 Å². The maximum absolute atomic E-state index is 13.5. The number of hydrogen-bond acceptors (Lipinski definition) is 6. The lowest BCUT2D eigenvalue weighted by atomic mass is 9.70. The molecular formula is C25H32FN7.